The number of alkyl halides is 3. The zero-order chi connectivity index (χ0) is 26.7. The zero-order valence-corrected chi connectivity index (χ0v) is 22.0. The van der Waals surface area contributed by atoms with Gasteiger partial charge in [-0.05, 0) is 66.5 Å². The Morgan fingerprint density at radius 3 is 2.32 bits per heavy atom. The van der Waals surface area contributed by atoms with E-state index >= 15 is 0 Å². The van der Waals surface area contributed by atoms with E-state index < -0.39 is 17.3 Å². The van der Waals surface area contributed by atoms with Crippen LogP contribution >= 0.6 is 0 Å². The van der Waals surface area contributed by atoms with E-state index in [0.29, 0.717) is 23.3 Å². The molecule has 1 aromatic carbocycles. The maximum Gasteiger partial charge on any atom is 0.417 e. The standard InChI is InChI=1S/C30H38F3NO3/c1-19(2)25-14-8-20(3)16-26(25)37-29(36)28(22-6-4-5-7-22)23-11-9-21(10-12-23)17-34-18-24(30(31,32)33)13-15-27(34)35/h9-13,15,18-20,22,25-26,28H,4-8,14,16-17H2,1-3H3/t20-,25+,26-,28+/m1/s1. The van der Waals surface area contributed by atoms with Crippen LogP contribution in [0.25, 0.3) is 0 Å². The lowest BCUT2D eigenvalue weighted by Gasteiger charge is -2.37. The molecule has 2 saturated carbocycles. The molecule has 1 aromatic heterocycles. The Kier molecular flexibility index (Phi) is 8.49. The Morgan fingerprint density at radius 1 is 1.03 bits per heavy atom. The Morgan fingerprint density at radius 2 is 1.70 bits per heavy atom. The lowest BCUT2D eigenvalue weighted by Crippen LogP contribution is -2.37. The number of rotatable bonds is 7. The third-order valence-corrected chi connectivity index (χ3v) is 8.36. The molecular formula is C30H38F3NO3. The molecule has 0 unspecified atom stereocenters. The quantitative estimate of drug-likeness (QED) is 0.365. The molecule has 0 spiro atoms. The van der Waals surface area contributed by atoms with E-state index in [0.717, 1.165) is 67.0 Å². The SMILES string of the molecule is CC(C)[C@@H]1CC[C@@H](C)C[C@H]1OC(=O)[C@H](c1ccc(Cn2cc(C(F)(F)F)ccc2=O)cc1)C1CCCC1. The van der Waals surface area contributed by atoms with Crippen molar-refractivity contribution in [2.75, 3.05) is 0 Å². The van der Waals surface area contributed by atoms with Crippen molar-refractivity contribution in [3.05, 3.63) is 69.6 Å². The van der Waals surface area contributed by atoms with Crippen molar-refractivity contribution >= 4 is 5.97 Å². The van der Waals surface area contributed by atoms with Crippen molar-refractivity contribution in [1.29, 1.82) is 0 Å². The summed E-state index contributed by atoms with van der Waals surface area (Å²) in [6, 6.07) is 9.10. The first-order valence-corrected chi connectivity index (χ1v) is 13.6. The molecule has 2 aromatic rings. The fraction of sp³-hybridized carbons (Fsp3) is 0.600. The number of benzene rings is 1. The summed E-state index contributed by atoms with van der Waals surface area (Å²) in [4.78, 5) is 25.8. The second-order valence-corrected chi connectivity index (χ2v) is 11.4. The number of halogens is 3. The van der Waals surface area contributed by atoms with Gasteiger partial charge in [0.2, 0.25) is 0 Å². The van der Waals surface area contributed by atoms with Crippen LogP contribution in [0.4, 0.5) is 13.2 Å². The van der Waals surface area contributed by atoms with Gasteiger partial charge in [-0.1, -0.05) is 64.3 Å². The molecule has 2 fully saturated rings. The first-order valence-electron chi connectivity index (χ1n) is 13.6. The molecule has 0 N–H and O–H groups in total. The van der Waals surface area contributed by atoms with Crippen LogP contribution < -0.4 is 5.56 Å². The minimum atomic E-state index is -4.52. The number of hydrogen-bond donors (Lipinski definition) is 0. The Bertz CT molecular complexity index is 1120. The minimum Gasteiger partial charge on any atom is -0.462 e. The molecule has 0 aliphatic heterocycles. The van der Waals surface area contributed by atoms with E-state index in [1.165, 1.54) is 6.42 Å². The van der Waals surface area contributed by atoms with Gasteiger partial charge in [-0.2, -0.15) is 13.2 Å². The molecule has 1 heterocycles. The van der Waals surface area contributed by atoms with Gasteiger partial charge in [0.15, 0.2) is 0 Å². The average molecular weight is 518 g/mol. The second kappa shape index (κ2) is 11.4. The van der Waals surface area contributed by atoms with Gasteiger partial charge in [0.1, 0.15) is 6.10 Å². The fourth-order valence-corrected chi connectivity index (χ4v) is 6.21. The Balaban J connectivity index is 1.54. The summed E-state index contributed by atoms with van der Waals surface area (Å²) < 4.78 is 46.6. The third-order valence-electron chi connectivity index (χ3n) is 8.36. The molecule has 0 amide bonds. The first-order chi connectivity index (χ1) is 17.5. The van der Waals surface area contributed by atoms with E-state index in [2.05, 4.69) is 20.8 Å². The number of pyridine rings is 1. The number of ether oxygens (including phenoxy) is 1. The fourth-order valence-electron chi connectivity index (χ4n) is 6.21. The molecule has 2 aliphatic carbocycles. The van der Waals surface area contributed by atoms with Crippen molar-refractivity contribution in [2.45, 2.75) is 90.5 Å². The van der Waals surface area contributed by atoms with Crippen LogP contribution in [0.1, 0.15) is 88.3 Å². The monoisotopic (exact) mass is 517 g/mol. The van der Waals surface area contributed by atoms with E-state index in [1.54, 1.807) is 12.1 Å². The summed E-state index contributed by atoms with van der Waals surface area (Å²) in [6.45, 7) is 6.65. The van der Waals surface area contributed by atoms with Crippen molar-refractivity contribution in [1.82, 2.24) is 4.57 Å². The minimum absolute atomic E-state index is 0.0254. The second-order valence-electron chi connectivity index (χ2n) is 11.4. The number of carbonyl (C=O) groups excluding carboxylic acids is 1. The number of hydrogen-bond acceptors (Lipinski definition) is 3. The van der Waals surface area contributed by atoms with Crippen LogP contribution in [0.5, 0.6) is 0 Å². The summed E-state index contributed by atoms with van der Waals surface area (Å²) in [5.74, 6) is 1.09. The molecular weight excluding hydrogens is 479 g/mol. The van der Waals surface area contributed by atoms with Crippen molar-refractivity contribution < 1.29 is 22.7 Å². The van der Waals surface area contributed by atoms with Crippen LogP contribution in [0.15, 0.2) is 47.4 Å². The Hall–Kier alpha value is -2.57. The van der Waals surface area contributed by atoms with Crippen LogP contribution in [0.3, 0.4) is 0 Å². The molecule has 202 valence electrons. The highest BCUT2D eigenvalue weighted by molar-refractivity contribution is 5.79. The van der Waals surface area contributed by atoms with Gasteiger partial charge in [0.05, 0.1) is 18.0 Å². The zero-order valence-electron chi connectivity index (χ0n) is 22.0. The molecule has 2 aliphatic rings. The summed E-state index contributed by atoms with van der Waals surface area (Å²) >= 11 is 0. The molecule has 7 heteroatoms. The van der Waals surface area contributed by atoms with Crippen LogP contribution in [0.2, 0.25) is 0 Å². The topological polar surface area (TPSA) is 48.3 Å². The van der Waals surface area contributed by atoms with Crippen molar-refractivity contribution in [2.24, 2.45) is 23.7 Å². The predicted molar refractivity (Wildman–Crippen MR) is 137 cm³/mol. The lowest BCUT2D eigenvalue weighted by molar-refractivity contribution is -0.159. The van der Waals surface area contributed by atoms with E-state index in [9.17, 15) is 22.8 Å². The molecule has 4 atom stereocenters. The largest absolute Gasteiger partial charge is 0.462 e. The summed E-state index contributed by atoms with van der Waals surface area (Å²) in [7, 11) is 0. The highest BCUT2D eigenvalue weighted by Gasteiger charge is 2.38. The number of nitrogens with zero attached hydrogens (tertiary/aromatic N) is 1. The van der Waals surface area contributed by atoms with Gasteiger partial charge >= 0.3 is 12.1 Å². The number of carbonyl (C=O) groups is 1. The Labute approximate surface area is 217 Å². The van der Waals surface area contributed by atoms with E-state index in [-0.39, 0.29) is 30.5 Å². The van der Waals surface area contributed by atoms with Crippen LogP contribution in [-0.4, -0.2) is 16.6 Å². The van der Waals surface area contributed by atoms with Gasteiger partial charge < -0.3 is 9.30 Å². The summed E-state index contributed by atoms with van der Waals surface area (Å²) in [6.07, 6.45) is 3.58. The van der Waals surface area contributed by atoms with Gasteiger partial charge in [-0.15, -0.1) is 0 Å². The molecule has 0 radical (unpaired) electrons. The van der Waals surface area contributed by atoms with Crippen molar-refractivity contribution in [3.63, 3.8) is 0 Å². The summed E-state index contributed by atoms with van der Waals surface area (Å²) in [5.41, 5.74) is 0.224. The predicted octanol–water partition coefficient (Wildman–Crippen LogP) is 7.19. The normalized spacial score (nSPS) is 23.8. The first kappa shape index (κ1) is 27.5. The third kappa shape index (κ3) is 6.66. The maximum atomic E-state index is 13.7. The number of aromatic nitrogens is 1. The van der Waals surface area contributed by atoms with Crippen molar-refractivity contribution in [3.8, 4) is 0 Å². The average Bonchev–Trinajstić information content (AvgIpc) is 3.35. The molecule has 4 nitrogen and oxygen atoms in total. The smallest absolute Gasteiger partial charge is 0.417 e. The molecule has 0 saturated heterocycles. The molecule has 4 rings (SSSR count). The number of esters is 1. The van der Waals surface area contributed by atoms with Crippen LogP contribution in [-0.2, 0) is 22.3 Å². The van der Waals surface area contributed by atoms with Gasteiger partial charge in [0, 0.05) is 12.3 Å². The summed E-state index contributed by atoms with van der Waals surface area (Å²) in [5, 5.41) is 0. The highest BCUT2D eigenvalue weighted by Crippen LogP contribution is 2.41. The van der Waals surface area contributed by atoms with E-state index in [1.807, 2.05) is 12.1 Å². The molecule has 37 heavy (non-hydrogen) atoms. The van der Waals surface area contributed by atoms with Gasteiger partial charge in [-0.3, -0.25) is 9.59 Å². The van der Waals surface area contributed by atoms with E-state index in [4.69, 9.17) is 4.74 Å². The van der Waals surface area contributed by atoms with Crippen LogP contribution in [0, 0.1) is 23.7 Å². The van der Waals surface area contributed by atoms with Gasteiger partial charge in [-0.25, -0.2) is 0 Å². The molecule has 0 bridgehead atoms. The highest BCUT2D eigenvalue weighted by atomic mass is 19.4. The van der Waals surface area contributed by atoms with Gasteiger partial charge in [0.25, 0.3) is 5.56 Å². The maximum absolute atomic E-state index is 13.7. The lowest BCUT2D eigenvalue weighted by atomic mass is 9.75.